The predicted octanol–water partition coefficient (Wildman–Crippen LogP) is 3.04. The smallest absolute Gasteiger partial charge is 0.248 e. The Kier molecular flexibility index (Phi) is 3.79. The van der Waals surface area contributed by atoms with E-state index in [9.17, 15) is 4.79 Å². The van der Waals surface area contributed by atoms with Gasteiger partial charge in [-0.2, -0.15) is 5.10 Å². The number of amides is 1. The van der Waals surface area contributed by atoms with Crippen molar-refractivity contribution in [2.24, 2.45) is 0 Å². The van der Waals surface area contributed by atoms with Crippen molar-refractivity contribution in [3.8, 4) is 5.69 Å². The van der Waals surface area contributed by atoms with E-state index < -0.39 is 0 Å². The van der Waals surface area contributed by atoms with E-state index in [1.807, 2.05) is 6.07 Å². The van der Waals surface area contributed by atoms with Gasteiger partial charge in [-0.05, 0) is 37.3 Å². The first-order valence-corrected chi connectivity index (χ1v) is 5.82. The van der Waals surface area contributed by atoms with Gasteiger partial charge < -0.3 is 5.32 Å². The Morgan fingerprint density at radius 3 is 3.00 bits per heavy atom. The molecule has 1 heterocycles. The van der Waals surface area contributed by atoms with E-state index >= 15 is 0 Å². The monoisotopic (exact) mass is 261 g/mol. The van der Waals surface area contributed by atoms with Crippen LogP contribution in [0.25, 0.3) is 5.69 Å². The number of benzene rings is 1. The van der Waals surface area contributed by atoms with Crippen LogP contribution in [0.3, 0.4) is 0 Å². The van der Waals surface area contributed by atoms with Gasteiger partial charge in [0, 0.05) is 17.4 Å². The second-order valence-electron chi connectivity index (χ2n) is 3.60. The molecule has 0 saturated carbocycles. The average Bonchev–Trinajstić information content (AvgIpc) is 2.83. The highest BCUT2D eigenvalue weighted by Crippen LogP contribution is 2.24. The van der Waals surface area contributed by atoms with Crippen molar-refractivity contribution in [3.63, 3.8) is 0 Å². The van der Waals surface area contributed by atoms with Crippen molar-refractivity contribution < 1.29 is 4.79 Å². The molecule has 0 radical (unpaired) electrons. The molecule has 0 spiro atoms. The van der Waals surface area contributed by atoms with Gasteiger partial charge in [0.25, 0.3) is 0 Å². The molecule has 1 amide bonds. The zero-order valence-corrected chi connectivity index (χ0v) is 10.6. The van der Waals surface area contributed by atoms with Crippen LogP contribution in [0, 0.1) is 0 Å². The molecule has 4 nitrogen and oxygen atoms in total. The number of aromatic nitrogens is 2. The third kappa shape index (κ3) is 2.78. The Bertz CT molecular complexity index is 576. The normalized spacial score (nSPS) is 10.8. The number of hydrogen-bond acceptors (Lipinski definition) is 2. The maximum absolute atomic E-state index is 11.6. The molecule has 0 bridgehead atoms. The van der Waals surface area contributed by atoms with Gasteiger partial charge in [-0.15, -0.1) is 0 Å². The largest absolute Gasteiger partial charge is 0.321 e. The van der Waals surface area contributed by atoms with Crippen LogP contribution in [0.4, 0.5) is 5.69 Å². The topological polar surface area (TPSA) is 46.9 Å². The lowest BCUT2D eigenvalue weighted by Gasteiger charge is -2.10. The summed E-state index contributed by atoms with van der Waals surface area (Å²) in [5.74, 6) is -0.201. The fourth-order valence-electron chi connectivity index (χ4n) is 1.55. The van der Waals surface area contributed by atoms with Crippen LogP contribution in [0.5, 0.6) is 0 Å². The molecule has 1 aromatic heterocycles. The first-order valence-electron chi connectivity index (χ1n) is 5.44. The van der Waals surface area contributed by atoms with E-state index in [-0.39, 0.29) is 5.91 Å². The summed E-state index contributed by atoms with van der Waals surface area (Å²) in [6.45, 7) is 1.78. The Balaban J connectivity index is 2.38. The molecule has 0 unspecified atom stereocenters. The third-order valence-corrected chi connectivity index (χ3v) is 2.52. The Morgan fingerprint density at radius 2 is 2.33 bits per heavy atom. The van der Waals surface area contributed by atoms with Crippen LogP contribution in [0.2, 0.25) is 5.02 Å². The lowest BCUT2D eigenvalue weighted by Crippen LogP contribution is -2.10. The summed E-state index contributed by atoms with van der Waals surface area (Å²) in [7, 11) is 0. The van der Waals surface area contributed by atoms with Crippen molar-refractivity contribution in [2.75, 3.05) is 5.32 Å². The summed E-state index contributed by atoms with van der Waals surface area (Å²) >= 11 is 5.94. The Hall–Kier alpha value is -2.07. The lowest BCUT2D eigenvalue weighted by molar-refractivity contribution is -0.111. The van der Waals surface area contributed by atoms with Gasteiger partial charge in [-0.25, -0.2) is 4.68 Å². The highest BCUT2D eigenvalue weighted by atomic mass is 35.5. The maximum Gasteiger partial charge on any atom is 0.248 e. The van der Waals surface area contributed by atoms with Crippen molar-refractivity contribution in [1.29, 1.82) is 0 Å². The van der Waals surface area contributed by atoms with Crippen molar-refractivity contribution in [2.45, 2.75) is 6.92 Å². The predicted molar refractivity (Wildman–Crippen MR) is 72.0 cm³/mol. The summed E-state index contributed by atoms with van der Waals surface area (Å²) in [4.78, 5) is 11.6. The van der Waals surface area contributed by atoms with Gasteiger partial charge in [0.2, 0.25) is 5.91 Å². The molecule has 1 N–H and O–H groups in total. The van der Waals surface area contributed by atoms with Gasteiger partial charge in [0.1, 0.15) is 0 Å². The third-order valence-electron chi connectivity index (χ3n) is 2.29. The molecule has 0 atom stereocenters. The van der Waals surface area contributed by atoms with E-state index in [0.717, 1.165) is 5.69 Å². The number of nitrogens with zero attached hydrogens (tertiary/aromatic N) is 2. The average molecular weight is 262 g/mol. The number of nitrogens with one attached hydrogen (secondary N) is 1. The molecule has 0 aliphatic rings. The number of rotatable bonds is 3. The molecular weight excluding hydrogens is 250 g/mol. The minimum atomic E-state index is -0.201. The van der Waals surface area contributed by atoms with Crippen molar-refractivity contribution in [3.05, 3.63) is 53.8 Å². The fourth-order valence-corrected chi connectivity index (χ4v) is 1.72. The fraction of sp³-hybridized carbons (Fsp3) is 0.0769. The summed E-state index contributed by atoms with van der Waals surface area (Å²) < 4.78 is 1.67. The molecule has 0 fully saturated rings. The number of hydrogen-bond donors (Lipinski definition) is 1. The number of allylic oxidation sites excluding steroid dienone is 1. The number of carbonyl (C=O) groups excluding carboxylic acids is 1. The van der Waals surface area contributed by atoms with E-state index in [1.54, 1.807) is 48.3 Å². The SMILES string of the molecule is CC=CC(=O)Nc1cc(Cl)ccc1-n1cccn1. The molecule has 1 aromatic carbocycles. The molecule has 2 rings (SSSR count). The number of carbonyl (C=O) groups is 1. The van der Waals surface area contributed by atoms with Gasteiger partial charge >= 0.3 is 0 Å². The zero-order valence-electron chi connectivity index (χ0n) is 9.80. The molecule has 5 heteroatoms. The quantitative estimate of drug-likeness (QED) is 0.864. The van der Waals surface area contributed by atoms with E-state index in [4.69, 9.17) is 11.6 Å². The molecule has 0 aliphatic heterocycles. The second kappa shape index (κ2) is 5.51. The summed E-state index contributed by atoms with van der Waals surface area (Å²) in [5.41, 5.74) is 1.39. The van der Waals surface area contributed by atoms with E-state index in [0.29, 0.717) is 10.7 Å². The molecule has 18 heavy (non-hydrogen) atoms. The standard InChI is InChI=1S/C13H12ClN3O/c1-2-4-13(18)16-11-9-10(14)5-6-12(11)17-8-3-7-15-17/h2-9H,1H3,(H,16,18). The molecule has 92 valence electrons. The minimum Gasteiger partial charge on any atom is -0.321 e. The molecular formula is C13H12ClN3O. The van der Waals surface area contributed by atoms with Gasteiger partial charge in [0.05, 0.1) is 11.4 Å². The summed E-state index contributed by atoms with van der Waals surface area (Å²) in [5, 5.41) is 7.46. The molecule has 0 aliphatic carbocycles. The highest BCUT2D eigenvalue weighted by molar-refractivity contribution is 6.31. The molecule has 2 aromatic rings. The van der Waals surface area contributed by atoms with Crippen molar-refractivity contribution >= 4 is 23.2 Å². The first kappa shape index (κ1) is 12.4. The Morgan fingerprint density at radius 1 is 1.50 bits per heavy atom. The van der Waals surface area contributed by atoms with Crippen LogP contribution in [0.1, 0.15) is 6.92 Å². The lowest BCUT2D eigenvalue weighted by atomic mass is 10.2. The number of anilines is 1. The Labute approximate surface area is 110 Å². The number of halogens is 1. The van der Waals surface area contributed by atoms with Crippen LogP contribution in [-0.2, 0) is 4.79 Å². The van der Waals surface area contributed by atoms with E-state index in [1.165, 1.54) is 6.08 Å². The maximum atomic E-state index is 11.6. The minimum absolute atomic E-state index is 0.201. The van der Waals surface area contributed by atoms with Crippen LogP contribution in [-0.4, -0.2) is 15.7 Å². The van der Waals surface area contributed by atoms with Crippen LogP contribution >= 0.6 is 11.6 Å². The second-order valence-corrected chi connectivity index (χ2v) is 4.04. The van der Waals surface area contributed by atoms with Gasteiger partial charge in [-0.1, -0.05) is 17.7 Å². The highest BCUT2D eigenvalue weighted by Gasteiger charge is 2.07. The first-order chi connectivity index (χ1) is 8.70. The van der Waals surface area contributed by atoms with Crippen LogP contribution in [0.15, 0.2) is 48.8 Å². The van der Waals surface area contributed by atoms with Gasteiger partial charge in [0.15, 0.2) is 0 Å². The summed E-state index contributed by atoms with van der Waals surface area (Å²) in [6, 6.07) is 7.07. The van der Waals surface area contributed by atoms with E-state index in [2.05, 4.69) is 10.4 Å². The summed E-state index contributed by atoms with van der Waals surface area (Å²) in [6.07, 6.45) is 6.60. The molecule has 0 saturated heterocycles. The van der Waals surface area contributed by atoms with Crippen molar-refractivity contribution in [1.82, 2.24) is 9.78 Å². The van der Waals surface area contributed by atoms with Gasteiger partial charge in [-0.3, -0.25) is 4.79 Å². The zero-order chi connectivity index (χ0) is 13.0. The van der Waals surface area contributed by atoms with Crippen LogP contribution < -0.4 is 5.32 Å².